The largest absolute Gasteiger partial charge is 0.493 e. The molecule has 4 nitrogen and oxygen atoms in total. The van der Waals surface area contributed by atoms with Gasteiger partial charge in [-0.2, -0.15) is 5.26 Å². The number of benzene rings is 1. The van der Waals surface area contributed by atoms with Crippen LogP contribution >= 0.6 is 0 Å². The summed E-state index contributed by atoms with van der Waals surface area (Å²) in [7, 11) is 1.68. The fraction of sp³-hybridized carbons (Fsp3) is 0.588. The van der Waals surface area contributed by atoms with Crippen LogP contribution in [0.3, 0.4) is 0 Å². The molecule has 1 N–H and O–H groups in total. The molecule has 0 radical (unpaired) electrons. The standard InChI is InChI=1S/C17H24N2O2/c1-13(12-19-10-9-18)14-7-8-16(20-2)17(11-14)21-15-5-3-4-6-15/h7-8,11,13,15,19H,3-6,10,12H2,1-2H3. The Morgan fingerprint density at radius 3 is 2.76 bits per heavy atom. The quantitative estimate of drug-likeness (QED) is 0.618. The highest BCUT2D eigenvalue weighted by Gasteiger charge is 2.19. The van der Waals surface area contributed by atoms with Crippen LogP contribution in [0, 0.1) is 11.3 Å². The molecule has 0 amide bonds. The van der Waals surface area contributed by atoms with Gasteiger partial charge >= 0.3 is 0 Å². The van der Waals surface area contributed by atoms with Gasteiger partial charge in [-0.25, -0.2) is 0 Å². The van der Waals surface area contributed by atoms with Crippen LogP contribution in [0.1, 0.15) is 44.1 Å². The minimum Gasteiger partial charge on any atom is -0.493 e. The molecule has 0 spiro atoms. The van der Waals surface area contributed by atoms with Gasteiger partial charge in [-0.1, -0.05) is 13.0 Å². The molecule has 0 heterocycles. The predicted octanol–water partition coefficient (Wildman–Crippen LogP) is 3.23. The molecule has 0 aliphatic heterocycles. The van der Waals surface area contributed by atoms with Gasteiger partial charge in [0.1, 0.15) is 0 Å². The molecule has 2 rings (SSSR count). The first kappa shape index (κ1) is 15.7. The maximum atomic E-state index is 8.57. The summed E-state index contributed by atoms with van der Waals surface area (Å²) < 4.78 is 11.5. The predicted molar refractivity (Wildman–Crippen MR) is 82.8 cm³/mol. The molecule has 1 unspecified atom stereocenters. The van der Waals surface area contributed by atoms with Gasteiger partial charge < -0.3 is 14.8 Å². The molecule has 1 saturated carbocycles. The van der Waals surface area contributed by atoms with Gasteiger partial charge in [0.2, 0.25) is 0 Å². The van der Waals surface area contributed by atoms with E-state index in [1.54, 1.807) is 7.11 Å². The lowest BCUT2D eigenvalue weighted by atomic mass is 10.0. The zero-order chi connectivity index (χ0) is 15.1. The van der Waals surface area contributed by atoms with Crippen molar-refractivity contribution in [2.24, 2.45) is 0 Å². The summed E-state index contributed by atoms with van der Waals surface area (Å²) in [6.45, 7) is 3.31. The van der Waals surface area contributed by atoms with Crippen LogP contribution < -0.4 is 14.8 Å². The molecule has 1 atom stereocenters. The molecule has 0 saturated heterocycles. The van der Waals surface area contributed by atoms with Crippen molar-refractivity contribution in [3.05, 3.63) is 23.8 Å². The van der Waals surface area contributed by atoms with Gasteiger partial charge in [-0.3, -0.25) is 0 Å². The Morgan fingerprint density at radius 2 is 2.10 bits per heavy atom. The third kappa shape index (κ3) is 4.37. The normalized spacial score (nSPS) is 16.4. The summed E-state index contributed by atoms with van der Waals surface area (Å²) in [4.78, 5) is 0. The summed E-state index contributed by atoms with van der Waals surface area (Å²) in [6.07, 6.45) is 5.09. The summed E-state index contributed by atoms with van der Waals surface area (Å²) >= 11 is 0. The van der Waals surface area contributed by atoms with Gasteiger partial charge in [-0.15, -0.1) is 0 Å². The van der Waals surface area contributed by atoms with Crippen LogP contribution in [0.5, 0.6) is 11.5 Å². The highest BCUT2D eigenvalue weighted by molar-refractivity contribution is 5.44. The van der Waals surface area contributed by atoms with Crippen LogP contribution in [-0.2, 0) is 0 Å². The molecular formula is C17H24N2O2. The maximum Gasteiger partial charge on any atom is 0.161 e. The van der Waals surface area contributed by atoms with Gasteiger partial charge in [0.05, 0.1) is 25.8 Å². The van der Waals surface area contributed by atoms with Crippen molar-refractivity contribution >= 4 is 0 Å². The topological polar surface area (TPSA) is 54.3 Å². The maximum absolute atomic E-state index is 8.57. The van der Waals surface area contributed by atoms with E-state index in [0.717, 1.165) is 30.9 Å². The Bertz CT molecular complexity index is 490. The van der Waals surface area contributed by atoms with Crippen LogP contribution in [-0.4, -0.2) is 26.3 Å². The molecule has 1 aromatic rings. The van der Waals surface area contributed by atoms with Crippen LogP contribution in [0.2, 0.25) is 0 Å². The molecule has 1 aromatic carbocycles. The smallest absolute Gasteiger partial charge is 0.161 e. The zero-order valence-electron chi connectivity index (χ0n) is 12.9. The van der Waals surface area contributed by atoms with Gasteiger partial charge in [0.15, 0.2) is 11.5 Å². The molecule has 1 aliphatic carbocycles. The van der Waals surface area contributed by atoms with Gasteiger partial charge in [0, 0.05) is 6.54 Å². The second-order valence-electron chi connectivity index (χ2n) is 5.62. The summed E-state index contributed by atoms with van der Waals surface area (Å²) in [6, 6.07) is 8.22. The molecule has 1 aliphatic rings. The first-order valence-corrected chi connectivity index (χ1v) is 7.67. The Morgan fingerprint density at radius 1 is 1.33 bits per heavy atom. The first-order chi connectivity index (χ1) is 10.2. The number of rotatable bonds is 7. The number of hydrogen-bond donors (Lipinski definition) is 1. The van der Waals surface area contributed by atoms with E-state index in [2.05, 4.69) is 30.4 Å². The third-order valence-electron chi connectivity index (χ3n) is 4.01. The molecule has 21 heavy (non-hydrogen) atoms. The fourth-order valence-corrected chi connectivity index (χ4v) is 2.74. The molecule has 1 fully saturated rings. The van der Waals surface area contributed by atoms with Crippen molar-refractivity contribution in [3.63, 3.8) is 0 Å². The van der Waals surface area contributed by atoms with E-state index in [1.165, 1.54) is 18.4 Å². The second kappa shape index (κ2) is 7.90. The highest BCUT2D eigenvalue weighted by atomic mass is 16.5. The number of nitriles is 1. The van der Waals surface area contributed by atoms with Gasteiger partial charge in [-0.05, 0) is 49.3 Å². The zero-order valence-corrected chi connectivity index (χ0v) is 12.9. The number of hydrogen-bond acceptors (Lipinski definition) is 4. The Labute approximate surface area is 127 Å². The van der Waals surface area contributed by atoms with Crippen LogP contribution in [0.4, 0.5) is 0 Å². The first-order valence-electron chi connectivity index (χ1n) is 7.67. The van der Waals surface area contributed by atoms with Crippen molar-refractivity contribution in [1.82, 2.24) is 5.32 Å². The summed E-state index contributed by atoms with van der Waals surface area (Å²) in [5.74, 6) is 1.96. The van der Waals surface area contributed by atoms with Crippen molar-refractivity contribution in [3.8, 4) is 17.6 Å². The summed E-state index contributed by atoms with van der Waals surface area (Å²) in [5.41, 5.74) is 1.20. The van der Waals surface area contributed by atoms with E-state index < -0.39 is 0 Å². The fourth-order valence-electron chi connectivity index (χ4n) is 2.74. The molecule has 0 aromatic heterocycles. The Kier molecular flexibility index (Phi) is 5.89. The Balaban J connectivity index is 2.06. The van der Waals surface area contributed by atoms with E-state index in [0.29, 0.717) is 18.6 Å². The number of nitrogens with one attached hydrogen (secondary N) is 1. The lowest BCUT2D eigenvalue weighted by Crippen LogP contribution is -2.20. The molecule has 4 heteroatoms. The van der Waals surface area contributed by atoms with Gasteiger partial charge in [0.25, 0.3) is 0 Å². The van der Waals surface area contributed by atoms with E-state index in [-0.39, 0.29) is 0 Å². The summed E-state index contributed by atoms with van der Waals surface area (Å²) in [5, 5.41) is 11.7. The number of methoxy groups -OCH3 is 1. The van der Waals surface area contributed by atoms with E-state index in [9.17, 15) is 0 Å². The average molecular weight is 288 g/mol. The van der Waals surface area contributed by atoms with Crippen molar-refractivity contribution in [1.29, 1.82) is 5.26 Å². The van der Waals surface area contributed by atoms with Crippen LogP contribution in [0.15, 0.2) is 18.2 Å². The minimum atomic E-state index is 0.321. The lowest BCUT2D eigenvalue weighted by Gasteiger charge is -2.19. The highest BCUT2D eigenvalue weighted by Crippen LogP contribution is 2.34. The monoisotopic (exact) mass is 288 g/mol. The SMILES string of the molecule is COc1ccc(C(C)CNCC#N)cc1OC1CCCC1. The lowest BCUT2D eigenvalue weighted by molar-refractivity contribution is 0.200. The van der Waals surface area contributed by atoms with E-state index in [4.69, 9.17) is 14.7 Å². The second-order valence-corrected chi connectivity index (χ2v) is 5.62. The number of ether oxygens (including phenoxy) is 2. The minimum absolute atomic E-state index is 0.321. The van der Waals surface area contributed by atoms with Crippen molar-refractivity contribution < 1.29 is 9.47 Å². The molecular weight excluding hydrogens is 264 g/mol. The van der Waals surface area contributed by atoms with Crippen molar-refractivity contribution in [2.45, 2.75) is 44.6 Å². The van der Waals surface area contributed by atoms with Crippen molar-refractivity contribution in [2.75, 3.05) is 20.2 Å². The van der Waals surface area contributed by atoms with E-state index in [1.807, 2.05) is 6.07 Å². The molecule has 0 bridgehead atoms. The van der Waals surface area contributed by atoms with E-state index >= 15 is 0 Å². The average Bonchev–Trinajstić information content (AvgIpc) is 3.00. The molecule has 114 valence electrons. The van der Waals surface area contributed by atoms with Crippen LogP contribution in [0.25, 0.3) is 0 Å². The number of nitrogens with zero attached hydrogens (tertiary/aromatic N) is 1. The Hall–Kier alpha value is -1.73. The third-order valence-corrected chi connectivity index (χ3v) is 4.01.